The fourth-order valence-corrected chi connectivity index (χ4v) is 1.75. The van der Waals surface area contributed by atoms with E-state index in [4.69, 9.17) is 5.11 Å². The van der Waals surface area contributed by atoms with Crippen LogP contribution in [0.4, 0.5) is 0 Å². The van der Waals surface area contributed by atoms with Gasteiger partial charge in [0.2, 0.25) is 0 Å². The quantitative estimate of drug-likeness (QED) is 0.518. The van der Waals surface area contributed by atoms with Crippen LogP contribution in [0.25, 0.3) is 0 Å². The fourth-order valence-electron chi connectivity index (χ4n) is 1.75. The van der Waals surface area contributed by atoms with Gasteiger partial charge in [-0.1, -0.05) is 0 Å². The standard InChI is InChI=1S/C7H13NO/c9-4-7-2-5-1-6(5)3-8-7/h5-9H,1-4H2/t5-,6+,7+/m1/s1. The van der Waals surface area contributed by atoms with Crippen molar-refractivity contribution < 1.29 is 5.11 Å². The Balaban J connectivity index is 1.86. The van der Waals surface area contributed by atoms with E-state index in [0.29, 0.717) is 12.6 Å². The van der Waals surface area contributed by atoms with Gasteiger partial charge in [-0.2, -0.15) is 0 Å². The Morgan fingerprint density at radius 3 is 2.89 bits per heavy atom. The molecule has 0 unspecified atom stereocenters. The minimum absolute atomic E-state index is 0.323. The SMILES string of the molecule is OC[C@@H]1C[C@H]2C[C@H]2CN1. The topological polar surface area (TPSA) is 32.3 Å². The highest BCUT2D eigenvalue weighted by atomic mass is 16.3. The van der Waals surface area contributed by atoms with Crippen molar-refractivity contribution in [3.05, 3.63) is 0 Å². The van der Waals surface area contributed by atoms with E-state index in [1.807, 2.05) is 0 Å². The van der Waals surface area contributed by atoms with Crippen molar-refractivity contribution in [1.29, 1.82) is 0 Å². The summed E-state index contributed by atoms with van der Waals surface area (Å²) in [6.45, 7) is 1.47. The molecule has 0 aromatic carbocycles. The van der Waals surface area contributed by atoms with Crippen LogP contribution in [0, 0.1) is 11.8 Å². The maximum atomic E-state index is 8.76. The Morgan fingerprint density at radius 1 is 1.33 bits per heavy atom. The second kappa shape index (κ2) is 1.96. The van der Waals surface area contributed by atoms with E-state index in [1.165, 1.54) is 12.8 Å². The van der Waals surface area contributed by atoms with Crippen molar-refractivity contribution in [3.63, 3.8) is 0 Å². The van der Waals surface area contributed by atoms with Gasteiger partial charge < -0.3 is 10.4 Å². The Hall–Kier alpha value is -0.0800. The lowest BCUT2D eigenvalue weighted by atomic mass is 10.1. The van der Waals surface area contributed by atoms with Crippen LogP contribution in [0.5, 0.6) is 0 Å². The molecule has 0 aromatic heterocycles. The van der Waals surface area contributed by atoms with E-state index in [0.717, 1.165) is 18.4 Å². The maximum Gasteiger partial charge on any atom is 0.0584 e. The lowest BCUT2D eigenvalue weighted by molar-refractivity contribution is 0.216. The van der Waals surface area contributed by atoms with Gasteiger partial charge in [-0.15, -0.1) is 0 Å². The zero-order valence-corrected chi connectivity index (χ0v) is 5.51. The van der Waals surface area contributed by atoms with Crippen molar-refractivity contribution >= 4 is 0 Å². The molecule has 3 atom stereocenters. The summed E-state index contributed by atoms with van der Waals surface area (Å²) >= 11 is 0. The van der Waals surface area contributed by atoms with Crippen LogP contribution in [0.15, 0.2) is 0 Å². The molecule has 2 heteroatoms. The van der Waals surface area contributed by atoms with Crippen molar-refractivity contribution in [2.24, 2.45) is 11.8 Å². The average Bonchev–Trinajstić information content (AvgIpc) is 2.64. The molecule has 1 aliphatic heterocycles. The molecule has 9 heavy (non-hydrogen) atoms. The van der Waals surface area contributed by atoms with Gasteiger partial charge in [-0.05, 0) is 31.2 Å². The van der Waals surface area contributed by atoms with Crippen LogP contribution in [-0.2, 0) is 0 Å². The van der Waals surface area contributed by atoms with Crippen LogP contribution in [0.2, 0.25) is 0 Å². The van der Waals surface area contributed by atoms with Gasteiger partial charge in [0.1, 0.15) is 0 Å². The zero-order chi connectivity index (χ0) is 6.27. The first kappa shape index (κ1) is 5.69. The lowest BCUT2D eigenvalue weighted by Gasteiger charge is -2.20. The molecular weight excluding hydrogens is 114 g/mol. The predicted octanol–water partition coefficient (Wildman–Crippen LogP) is -0.0233. The third-order valence-electron chi connectivity index (χ3n) is 2.55. The Labute approximate surface area is 55.3 Å². The molecule has 2 rings (SSSR count). The normalized spacial score (nSPS) is 48.3. The molecule has 0 spiro atoms. The number of nitrogens with one attached hydrogen (secondary N) is 1. The van der Waals surface area contributed by atoms with Gasteiger partial charge in [0.15, 0.2) is 0 Å². The minimum Gasteiger partial charge on any atom is -0.395 e. The Kier molecular flexibility index (Phi) is 1.24. The number of aliphatic hydroxyl groups excluding tert-OH is 1. The number of piperidine rings is 1. The number of hydrogen-bond donors (Lipinski definition) is 2. The molecule has 0 radical (unpaired) electrons. The Morgan fingerprint density at radius 2 is 2.22 bits per heavy atom. The molecule has 1 saturated carbocycles. The first-order valence-corrected chi connectivity index (χ1v) is 3.74. The molecule has 2 nitrogen and oxygen atoms in total. The second-order valence-corrected chi connectivity index (χ2v) is 3.28. The minimum atomic E-state index is 0.323. The molecule has 52 valence electrons. The van der Waals surface area contributed by atoms with Gasteiger partial charge in [-0.3, -0.25) is 0 Å². The summed E-state index contributed by atoms with van der Waals surface area (Å²) in [4.78, 5) is 0. The molecule has 1 saturated heterocycles. The van der Waals surface area contributed by atoms with E-state index in [2.05, 4.69) is 5.32 Å². The maximum absolute atomic E-state index is 8.76. The van der Waals surface area contributed by atoms with Gasteiger partial charge in [-0.25, -0.2) is 0 Å². The van der Waals surface area contributed by atoms with Crippen molar-refractivity contribution in [2.45, 2.75) is 18.9 Å². The first-order valence-electron chi connectivity index (χ1n) is 3.74. The average molecular weight is 127 g/mol. The molecule has 1 aliphatic carbocycles. The van der Waals surface area contributed by atoms with E-state index in [9.17, 15) is 0 Å². The monoisotopic (exact) mass is 127 g/mol. The van der Waals surface area contributed by atoms with Gasteiger partial charge in [0, 0.05) is 6.04 Å². The molecular formula is C7H13NO. The van der Waals surface area contributed by atoms with E-state index in [-0.39, 0.29) is 0 Å². The van der Waals surface area contributed by atoms with Crippen molar-refractivity contribution in [1.82, 2.24) is 5.32 Å². The van der Waals surface area contributed by atoms with Crippen LogP contribution in [0.3, 0.4) is 0 Å². The summed E-state index contributed by atoms with van der Waals surface area (Å²) in [5, 5.41) is 12.1. The highest BCUT2D eigenvalue weighted by Crippen LogP contribution is 2.43. The smallest absolute Gasteiger partial charge is 0.0584 e. The van der Waals surface area contributed by atoms with Crippen molar-refractivity contribution in [2.75, 3.05) is 13.2 Å². The summed E-state index contributed by atoms with van der Waals surface area (Å²) in [6.07, 6.45) is 2.62. The lowest BCUT2D eigenvalue weighted by Crippen LogP contribution is -2.37. The largest absolute Gasteiger partial charge is 0.395 e. The number of aliphatic hydroxyl groups is 1. The van der Waals surface area contributed by atoms with Crippen LogP contribution in [0.1, 0.15) is 12.8 Å². The molecule has 2 fully saturated rings. The van der Waals surface area contributed by atoms with Crippen LogP contribution >= 0.6 is 0 Å². The second-order valence-electron chi connectivity index (χ2n) is 3.28. The van der Waals surface area contributed by atoms with E-state index >= 15 is 0 Å². The predicted molar refractivity (Wildman–Crippen MR) is 35.1 cm³/mol. The molecule has 2 N–H and O–H groups in total. The summed E-state index contributed by atoms with van der Waals surface area (Å²) in [7, 11) is 0. The van der Waals surface area contributed by atoms with Crippen LogP contribution < -0.4 is 5.32 Å². The van der Waals surface area contributed by atoms with Gasteiger partial charge >= 0.3 is 0 Å². The number of rotatable bonds is 1. The fraction of sp³-hybridized carbons (Fsp3) is 1.00. The summed E-state index contributed by atoms with van der Waals surface area (Å²) in [5.74, 6) is 1.93. The first-order chi connectivity index (χ1) is 4.40. The highest BCUT2D eigenvalue weighted by Gasteiger charge is 2.41. The summed E-state index contributed by atoms with van der Waals surface area (Å²) in [5.41, 5.74) is 0. The number of fused-ring (bicyclic) bond motifs is 1. The van der Waals surface area contributed by atoms with Gasteiger partial charge in [0.05, 0.1) is 6.61 Å². The number of hydrogen-bond acceptors (Lipinski definition) is 2. The van der Waals surface area contributed by atoms with Crippen molar-refractivity contribution in [3.8, 4) is 0 Å². The van der Waals surface area contributed by atoms with Crippen LogP contribution in [-0.4, -0.2) is 24.3 Å². The van der Waals surface area contributed by atoms with E-state index < -0.39 is 0 Å². The molecule has 0 bridgehead atoms. The highest BCUT2D eigenvalue weighted by molar-refractivity contribution is 4.95. The molecule has 1 heterocycles. The molecule has 0 aromatic rings. The van der Waals surface area contributed by atoms with Gasteiger partial charge in [0.25, 0.3) is 0 Å². The van der Waals surface area contributed by atoms with E-state index in [1.54, 1.807) is 0 Å². The molecule has 2 aliphatic rings. The zero-order valence-electron chi connectivity index (χ0n) is 5.51. The summed E-state index contributed by atoms with van der Waals surface area (Å²) < 4.78 is 0. The Bertz CT molecular complexity index is 115. The molecule has 0 amide bonds. The third-order valence-corrected chi connectivity index (χ3v) is 2.55. The third kappa shape index (κ3) is 0.970. The summed E-state index contributed by atoms with van der Waals surface area (Å²) in [6, 6.07) is 0.411.